The molecule has 2 amide bonds. The standard InChI is InChI=1S/C24H21N7O5S3/c1-36-29-16(14-10-39-24(26)27-14)20(32)28-17-21(33)31-18(23(34)35)11(9-38-22(17)31)8-30-7-6-13(19(25)37)12-4-2-3-5-15(12)30/h2-7,10,17,22H,8-9H2,1H3,(H5-,25,26,27,28,32,34,35,37)/t17?,22-/m0/s1. The molecular formula is C24H21N7O5S3. The van der Waals surface area contributed by atoms with E-state index in [4.69, 9.17) is 28.5 Å². The second-order valence-corrected chi connectivity index (χ2v) is 11.0. The van der Waals surface area contributed by atoms with Crippen molar-refractivity contribution in [3.05, 3.63) is 64.4 Å². The van der Waals surface area contributed by atoms with E-state index in [2.05, 4.69) is 15.5 Å². The van der Waals surface area contributed by atoms with Gasteiger partial charge in [-0.3, -0.25) is 14.5 Å². The zero-order valence-electron chi connectivity index (χ0n) is 20.3. The van der Waals surface area contributed by atoms with Gasteiger partial charge in [0.05, 0.1) is 17.1 Å². The molecule has 1 aromatic carbocycles. The second-order valence-electron chi connectivity index (χ2n) is 8.53. The van der Waals surface area contributed by atoms with E-state index in [0.717, 1.165) is 27.1 Å². The maximum absolute atomic E-state index is 13.1. The Kier molecular flexibility index (Phi) is 7.20. The molecule has 1 unspecified atom stereocenters. The number of thiocarbonyl (C=S) groups is 1. The summed E-state index contributed by atoms with van der Waals surface area (Å²) in [5.74, 6) is -2.46. The number of carbonyl (C=O) groups is 3. The number of hydrogen-bond donors (Lipinski definition) is 3. The number of carbonyl (C=O) groups excluding carboxylic acids is 3. The molecule has 39 heavy (non-hydrogen) atoms. The van der Waals surface area contributed by atoms with E-state index in [9.17, 15) is 19.5 Å². The van der Waals surface area contributed by atoms with E-state index in [1.165, 1.54) is 24.3 Å². The number of benzene rings is 1. The summed E-state index contributed by atoms with van der Waals surface area (Å²) < 4.78 is 1.87. The van der Waals surface area contributed by atoms with Crippen LogP contribution in [0.1, 0.15) is 11.3 Å². The number of pyridine rings is 1. The van der Waals surface area contributed by atoms with Gasteiger partial charge in [0.15, 0.2) is 23.6 Å². The minimum Gasteiger partial charge on any atom is -0.543 e. The van der Waals surface area contributed by atoms with Crippen LogP contribution in [0.5, 0.6) is 0 Å². The minimum atomic E-state index is -1.47. The summed E-state index contributed by atoms with van der Waals surface area (Å²) in [6.07, 6.45) is 1.77. The zero-order chi connectivity index (χ0) is 27.8. The van der Waals surface area contributed by atoms with Crippen molar-refractivity contribution in [3.8, 4) is 0 Å². The third-order valence-corrected chi connectivity index (χ3v) is 8.47. The number of nitrogen functional groups attached to an aromatic ring is 1. The first-order valence-corrected chi connectivity index (χ1v) is 13.8. The summed E-state index contributed by atoms with van der Waals surface area (Å²) in [5, 5.41) is 20.5. The fourth-order valence-electron chi connectivity index (χ4n) is 4.54. The van der Waals surface area contributed by atoms with Gasteiger partial charge >= 0.3 is 0 Å². The summed E-state index contributed by atoms with van der Waals surface area (Å²) in [4.78, 5) is 48.5. The number of para-hydroxylation sites is 1. The average molecular weight is 584 g/mol. The largest absolute Gasteiger partial charge is 0.543 e. The van der Waals surface area contributed by atoms with Crippen molar-refractivity contribution in [2.45, 2.75) is 18.0 Å². The highest BCUT2D eigenvalue weighted by atomic mass is 32.2. The summed E-state index contributed by atoms with van der Waals surface area (Å²) in [6, 6.07) is 8.28. The Bertz CT molecular complexity index is 1600. The summed E-state index contributed by atoms with van der Waals surface area (Å²) in [5.41, 5.74) is 13.4. The first-order valence-electron chi connectivity index (χ1n) is 11.4. The van der Waals surface area contributed by atoms with Gasteiger partial charge in [0, 0.05) is 34.4 Å². The van der Waals surface area contributed by atoms with Crippen LogP contribution in [0.2, 0.25) is 0 Å². The maximum Gasteiger partial charge on any atom is 0.276 e. The number of carboxylic acids is 1. The number of hydrogen-bond acceptors (Lipinski definition) is 11. The number of thiazole rings is 1. The number of oxime groups is 1. The summed E-state index contributed by atoms with van der Waals surface area (Å²) >= 11 is 7.62. The van der Waals surface area contributed by atoms with Crippen LogP contribution < -0.4 is 26.5 Å². The van der Waals surface area contributed by atoms with Gasteiger partial charge in [-0.05, 0) is 6.07 Å². The van der Waals surface area contributed by atoms with Gasteiger partial charge in [-0.2, -0.15) is 4.57 Å². The number of thioether (sulfide) groups is 1. The number of nitrogens with one attached hydrogen (secondary N) is 1. The topological polar surface area (TPSA) is 180 Å². The number of nitrogens with zero attached hydrogens (tertiary/aromatic N) is 4. The van der Waals surface area contributed by atoms with E-state index in [-0.39, 0.29) is 33.8 Å². The molecule has 2 atom stereocenters. The molecule has 0 spiro atoms. The Hall–Kier alpha value is -4.08. The van der Waals surface area contributed by atoms with E-state index < -0.39 is 29.2 Å². The SMILES string of the molecule is CON=C(C(=O)NC1C(=O)N2C(C(=O)[O-])=C(C[n+]3ccc(C(N)=S)c4ccccc43)CS[C@@H]12)c1csc(N)n1. The van der Waals surface area contributed by atoms with Gasteiger partial charge < -0.3 is 31.5 Å². The minimum absolute atomic E-state index is 0.155. The van der Waals surface area contributed by atoms with Gasteiger partial charge in [0.2, 0.25) is 5.52 Å². The quantitative estimate of drug-likeness (QED) is 0.100. The van der Waals surface area contributed by atoms with Crippen LogP contribution in [0.25, 0.3) is 10.9 Å². The lowest BCUT2D eigenvalue weighted by Gasteiger charge is -2.50. The van der Waals surface area contributed by atoms with Crippen LogP contribution in [-0.4, -0.2) is 62.6 Å². The third-order valence-electron chi connectivity index (χ3n) is 6.24. The first kappa shape index (κ1) is 26.5. The monoisotopic (exact) mass is 583 g/mol. The fraction of sp³-hybridized carbons (Fsp3) is 0.208. The molecule has 5 rings (SSSR count). The van der Waals surface area contributed by atoms with Gasteiger partial charge in [0.25, 0.3) is 11.8 Å². The Morgan fingerprint density at radius 2 is 2.13 bits per heavy atom. The molecule has 15 heteroatoms. The van der Waals surface area contributed by atoms with Crippen molar-refractivity contribution in [1.29, 1.82) is 0 Å². The summed E-state index contributed by atoms with van der Waals surface area (Å²) in [7, 11) is 1.27. The van der Waals surface area contributed by atoms with Gasteiger partial charge in [-0.25, -0.2) is 4.98 Å². The molecule has 3 aromatic rings. The lowest BCUT2D eigenvalue weighted by atomic mass is 10.0. The number of aliphatic carboxylic acids is 1. The molecule has 2 aromatic heterocycles. The molecule has 200 valence electrons. The molecule has 4 heterocycles. The number of amides is 2. The molecule has 0 bridgehead atoms. The first-order chi connectivity index (χ1) is 18.7. The van der Waals surface area contributed by atoms with Crippen LogP contribution >= 0.6 is 35.3 Å². The van der Waals surface area contributed by atoms with E-state index >= 15 is 0 Å². The van der Waals surface area contributed by atoms with Crippen LogP contribution in [0.4, 0.5) is 5.13 Å². The number of fused-ring (bicyclic) bond motifs is 2. The van der Waals surface area contributed by atoms with E-state index in [0.29, 0.717) is 16.9 Å². The molecule has 0 saturated carbocycles. The molecule has 0 aliphatic carbocycles. The number of anilines is 1. The number of β-lactam (4-membered cyclic amide) rings is 1. The van der Waals surface area contributed by atoms with Crippen LogP contribution in [0.15, 0.2) is 58.3 Å². The molecule has 5 N–H and O–H groups in total. The molecule has 12 nitrogen and oxygen atoms in total. The highest BCUT2D eigenvalue weighted by Crippen LogP contribution is 2.40. The number of nitrogens with two attached hydrogens (primary N) is 2. The Balaban J connectivity index is 1.41. The predicted molar refractivity (Wildman–Crippen MR) is 147 cm³/mol. The molecule has 2 aliphatic heterocycles. The lowest BCUT2D eigenvalue weighted by Crippen LogP contribution is -2.71. The molecule has 0 radical (unpaired) electrons. The number of rotatable bonds is 8. The van der Waals surface area contributed by atoms with Crippen LogP contribution in [-0.2, 0) is 25.8 Å². The van der Waals surface area contributed by atoms with Gasteiger partial charge in [-0.15, -0.1) is 23.1 Å². The molecule has 2 aliphatic rings. The van der Waals surface area contributed by atoms with Crippen molar-refractivity contribution in [3.63, 3.8) is 0 Å². The fourth-order valence-corrected chi connectivity index (χ4v) is 6.60. The highest BCUT2D eigenvalue weighted by molar-refractivity contribution is 8.00. The van der Waals surface area contributed by atoms with Crippen molar-refractivity contribution >= 4 is 79.8 Å². The van der Waals surface area contributed by atoms with Crippen molar-refractivity contribution < 1.29 is 28.9 Å². The second kappa shape index (κ2) is 10.6. The molecular weight excluding hydrogens is 563 g/mol. The summed E-state index contributed by atoms with van der Waals surface area (Å²) in [6.45, 7) is 0.192. The Morgan fingerprint density at radius 1 is 1.36 bits per heavy atom. The van der Waals surface area contributed by atoms with Crippen LogP contribution in [0.3, 0.4) is 0 Å². The molecule has 1 saturated heterocycles. The zero-order valence-corrected chi connectivity index (χ0v) is 22.8. The Morgan fingerprint density at radius 3 is 2.79 bits per heavy atom. The average Bonchev–Trinajstić information content (AvgIpc) is 3.35. The van der Waals surface area contributed by atoms with E-state index in [1.807, 2.05) is 28.8 Å². The lowest BCUT2D eigenvalue weighted by molar-refractivity contribution is -0.663. The third kappa shape index (κ3) is 4.79. The van der Waals surface area contributed by atoms with Crippen LogP contribution in [0, 0.1) is 0 Å². The van der Waals surface area contributed by atoms with E-state index in [1.54, 1.807) is 12.3 Å². The normalized spacial score (nSPS) is 18.9. The highest BCUT2D eigenvalue weighted by Gasteiger charge is 2.53. The Labute approximate surface area is 235 Å². The van der Waals surface area contributed by atoms with Crippen molar-refractivity contribution in [2.24, 2.45) is 10.9 Å². The van der Waals surface area contributed by atoms with Gasteiger partial charge in [-0.1, -0.05) is 29.5 Å². The predicted octanol–water partition coefficient (Wildman–Crippen LogP) is -0.745. The van der Waals surface area contributed by atoms with Gasteiger partial charge in [0.1, 0.15) is 29.2 Å². The molecule has 1 fully saturated rings. The maximum atomic E-state index is 13.1. The van der Waals surface area contributed by atoms with Crippen molar-refractivity contribution in [1.82, 2.24) is 15.2 Å². The number of aromatic nitrogens is 2. The number of carboxylic acid groups (broad SMARTS) is 1. The van der Waals surface area contributed by atoms with Crippen molar-refractivity contribution in [2.75, 3.05) is 18.6 Å². The smallest absolute Gasteiger partial charge is 0.276 e.